The molecule has 0 fully saturated rings. The second-order valence-corrected chi connectivity index (χ2v) is 8.13. The maximum Gasteiger partial charge on any atom is 0.107 e. The van der Waals surface area contributed by atoms with Crippen LogP contribution in [0.25, 0.3) is 0 Å². The fourth-order valence-corrected chi connectivity index (χ4v) is 4.21. The van der Waals surface area contributed by atoms with Crippen molar-refractivity contribution in [2.24, 2.45) is 0 Å². The topological polar surface area (TPSA) is 0 Å². The zero-order chi connectivity index (χ0) is 12.4. The highest BCUT2D eigenvalue weighted by molar-refractivity contribution is 9.11. The van der Waals surface area contributed by atoms with Gasteiger partial charge in [0.25, 0.3) is 0 Å². The molecule has 2 aromatic rings. The van der Waals surface area contributed by atoms with Crippen molar-refractivity contribution in [3.05, 3.63) is 54.1 Å². The van der Waals surface area contributed by atoms with E-state index in [1.165, 1.54) is 10.4 Å². The highest BCUT2D eigenvalue weighted by Gasteiger charge is 2.13. The van der Waals surface area contributed by atoms with E-state index in [1.807, 2.05) is 0 Å². The van der Waals surface area contributed by atoms with E-state index in [0.717, 1.165) is 19.7 Å². The molecule has 1 heterocycles. The van der Waals surface area contributed by atoms with Crippen molar-refractivity contribution in [1.82, 2.24) is 0 Å². The molecular formula is C12H8Br3ClS. The maximum atomic E-state index is 6.04. The highest BCUT2D eigenvalue weighted by Crippen LogP contribution is 2.39. The van der Waals surface area contributed by atoms with Gasteiger partial charge in [0.15, 0.2) is 0 Å². The summed E-state index contributed by atoms with van der Waals surface area (Å²) in [5.74, 6) is 0. The van der Waals surface area contributed by atoms with E-state index >= 15 is 0 Å². The van der Waals surface area contributed by atoms with Crippen LogP contribution in [0, 0.1) is 0 Å². The normalized spacial score (nSPS) is 12.7. The summed E-state index contributed by atoms with van der Waals surface area (Å²) in [4.78, 5) is 1.54. The van der Waals surface area contributed by atoms with Crippen molar-refractivity contribution in [2.45, 2.75) is 11.2 Å². The Morgan fingerprint density at radius 2 is 1.82 bits per heavy atom. The first-order chi connectivity index (χ1) is 8.06. The lowest BCUT2D eigenvalue weighted by molar-refractivity contribution is 0.968. The smallest absolute Gasteiger partial charge is 0.107 e. The molecule has 1 unspecified atom stereocenters. The second kappa shape index (κ2) is 6.20. The Hall–Kier alpha value is 0.650. The third-order valence-electron chi connectivity index (χ3n) is 2.30. The van der Waals surface area contributed by atoms with Gasteiger partial charge in [0.1, 0.15) is 4.34 Å². The summed E-state index contributed by atoms with van der Waals surface area (Å²) >= 11 is 18.2. The molecule has 0 saturated carbocycles. The molecule has 0 amide bonds. The molecule has 0 nitrogen and oxygen atoms in total. The first-order valence-electron chi connectivity index (χ1n) is 4.89. The fraction of sp³-hybridized carbons (Fsp3) is 0.167. The lowest BCUT2D eigenvalue weighted by Gasteiger charge is -2.07. The molecule has 17 heavy (non-hydrogen) atoms. The second-order valence-electron chi connectivity index (χ2n) is 3.57. The summed E-state index contributed by atoms with van der Waals surface area (Å²) in [6.07, 6.45) is 0.955. The standard InChI is InChI=1S/C12H8Br3ClS/c13-8-3-1-7(2-4-8)5-9(14)11-6-10(15)12(16)17-11/h1-4,6,9H,5H2. The van der Waals surface area contributed by atoms with Gasteiger partial charge in [-0.3, -0.25) is 0 Å². The van der Waals surface area contributed by atoms with Crippen molar-refractivity contribution < 1.29 is 0 Å². The van der Waals surface area contributed by atoms with Crippen LogP contribution in [0.3, 0.4) is 0 Å². The molecule has 5 heteroatoms. The van der Waals surface area contributed by atoms with Gasteiger partial charge in [-0.1, -0.05) is 55.6 Å². The largest absolute Gasteiger partial charge is 0.126 e. The van der Waals surface area contributed by atoms with Crippen molar-refractivity contribution in [3.63, 3.8) is 0 Å². The Kier molecular flexibility index (Phi) is 5.13. The van der Waals surface area contributed by atoms with Crippen molar-refractivity contribution in [3.8, 4) is 0 Å². The number of rotatable bonds is 3. The van der Waals surface area contributed by atoms with Gasteiger partial charge >= 0.3 is 0 Å². The minimum atomic E-state index is 0.303. The van der Waals surface area contributed by atoms with E-state index < -0.39 is 0 Å². The predicted octanol–water partition coefficient (Wildman–Crippen LogP) is 6.61. The van der Waals surface area contributed by atoms with Crippen LogP contribution < -0.4 is 0 Å². The molecule has 0 aliphatic heterocycles. The summed E-state index contributed by atoms with van der Waals surface area (Å²) < 4.78 is 2.88. The Balaban J connectivity index is 2.11. The van der Waals surface area contributed by atoms with Crippen LogP contribution in [0.15, 0.2) is 39.3 Å². The van der Waals surface area contributed by atoms with Gasteiger partial charge in [-0.05, 0) is 46.1 Å². The SMILES string of the molecule is Clc1sc(C(Br)Cc2ccc(Br)cc2)cc1Br. The lowest BCUT2D eigenvalue weighted by Crippen LogP contribution is -1.92. The quantitative estimate of drug-likeness (QED) is 0.454. The Labute approximate surface area is 135 Å². The number of benzene rings is 1. The average Bonchev–Trinajstić information content (AvgIpc) is 2.63. The summed E-state index contributed by atoms with van der Waals surface area (Å²) in [5.41, 5.74) is 1.30. The van der Waals surface area contributed by atoms with Gasteiger partial charge in [0.2, 0.25) is 0 Å². The molecule has 0 saturated heterocycles. The summed E-state index contributed by atoms with van der Waals surface area (Å²) in [5, 5.41) is 0. The molecule has 1 aromatic heterocycles. The molecule has 90 valence electrons. The van der Waals surface area contributed by atoms with Crippen molar-refractivity contribution in [2.75, 3.05) is 0 Å². The molecule has 0 aliphatic rings. The van der Waals surface area contributed by atoms with E-state index in [4.69, 9.17) is 11.6 Å². The lowest BCUT2D eigenvalue weighted by atomic mass is 10.1. The molecule has 0 bridgehead atoms. The van der Waals surface area contributed by atoms with E-state index in [0.29, 0.717) is 4.83 Å². The number of thiophene rings is 1. The van der Waals surface area contributed by atoms with Gasteiger partial charge in [-0.15, -0.1) is 11.3 Å². The molecule has 0 spiro atoms. The zero-order valence-electron chi connectivity index (χ0n) is 8.59. The summed E-state index contributed by atoms with van der Waals surface area (Å²) in [7, 11) is 0. The molecule has 0 aliphatic carbocycles. The van der Waals surface area contributed by atoms with Crippen LogP contribution in [0.5, 0.6) is 0 Å². The minimum Gasteiger partial charge on any atom is -0.126 e. The van der Waals surface area contributed by atoms with Crippen molar-refractivity contribution >= 4 is 70.7 Å². The molecule has 0 radical (unpaired) electrons. The monoisotopic (exact) mass is 456 g/mol. The molecule has 1 atom stereocenters. The van der Waals surface area contributed by atoms with Crippen LogP contribution in [0.1, 0.15) is 15.3 Å². The van der Waals surface area contributed by atoms with Crippen LogP contribution >= 0.6 is 70.7 Å². The highest BCUT2D eigenvalue weighted by atomic mass is 79.9. The Morgan fingerprint density at radius 3 is 2.35 bits per heavy atom. The van der Waals surface area contributed by atoms with Gasteiger partial charge in [-0.25, -0.2) is 0 Å². The molecular weight excluding hydrogens is 451 g/mol. The van der Waals surface area contributed by atoms with Crippen LogP contribution in [0.4, 0.5) is 0 Å². The summed E-state index contributed by atoms with van der Waals surface area (Å²) in [6.45, 7) is 0. The van der Waals surface area contributed by atoms with Crippen molar-refractivity contribution in [1.29, 1.82) is 0 Å². The number of alkyl halides is 1. The van der Waals surface area contributed by atoms with E-state index in [9.17, 15) is 0 Å². The van der Waals surface area contributed by atoms with Gasteiger partial charge in [0, 0.05) is 13.8 Å². The Bertz CT molecular complexity index is 487. The fourth-order valence-electron chi connectivity index (χ4n) is 1.45. The third kappa shape index (κ3) is 3.80. The predicted molar refractivity (Wildman–Crippen MR) is 86.5 cm³/mol. The molecule has 1 aromatic carbocycles. The zero-order valence-corrected chi connectivity index (χ0v) is 14.9. The van der Waals surface area contributed by atoms with Crippen LogP contribution in [0.2, 0.25) is 4.34 Å². The van der Waals surface area contributed by atoms with Gasteiger partial charge < -0.3 is 0 Å². The van der Waals surface area contributed by atoms with E-state index in [2.05, 4.69) is 78.1 Å². The van der Waals surface area contributed by atoms with E-state index in [-0.39, 0.29) is 0 Å². The van der Waals surface area contributed by atoms with Gasteiger partial charge in [-0.2, -0.15) is 0 Å². The Morgan fingerprint density at radius 1 is 1.18 bits per heavy atom. The third-order valence-corrected chi connectivity index (χ3v) is 6.54. The van der Waals surface area contributed by atoms with Gasteiger partial charge in [0.05, 0.1) is 4.83 Å². The number of hydrogen-bond acceptors (Lipinski definition) is 1. The van der Waals surface area contributed by atoms with E-state index in [1.54, 1.807) is 11.3 Å². The number of hydrogen-bond donors (Lipinski definition) is 0. The maximum absolute atomic E-state index is 6.04. The number of halogens is 4. The molecule has 2 rings (SSSR count). The van der Waals surface area contributed by atoms with Crippen LogP contribution in [-0.4, -0.2) is 0 Å². The first-order valence-corrected chi connectivity index (χ1v) is 8.59. The minimum absolute atomic E-state index is 0.303. The average molecular weight is 459 g/mol. The first kappa shape index (κ1) is 14.1. The van der Waals surface area contributed by atoms with Crippen LogP contribution in [-0.2, 0) is 6.42 Å². The summed E-state index contributed by atoms with van der Waals surface area (Å²) in [6, 6.07) is 10.5. The molecule has 0 N–H and O–H groups in total.